The van der Waals surface area contributed by atoms with Crippen LogP contribution < -0.4 is 5.14 Å². The molecule has 0 saturated heterocycles. The number of nitrogens with two attached hydrogens (primary N) is 1. The molecule has 1 heterocycles. The van der Waals surface area contributed by atoms with E-state index in [0.717, 1.165) is 5.69 Å². The van der Waals surface area contributed by atoms with Gasteiger partial charge in [-0.15, -0.1) is 0 Å². The minimum absolute atomic E-state index is 0.0293. The molecule has 0 radical (unpaired) electrons. The number of ketones is 1. The Morgan fingerprint density at radius 2 is 1.70 bits per heavy atom. The third-order valence-electron chi connectivity index (χ3n) is 5.12. The van der Waals surface area contributed by atoms with Crippen LogP contribution >= 0.6 is 0 Å². The highest BCUT2D eigenvalue weighted by Gasteiger charge is 2.20. The summed E-state index contributed by atoms with van der Waals surface area (Å²) >= 11 is 0. The number of hydrogen-bond donors (Lipinski definition) is 1. The van der Waals surface area contributed by atoms with Gasteiger partial charge in [-0.3, -0.25) is 14.9 Å². The van der Waals surface area contributed by atoms with Gasteiger partial charge in [0.25, 0.3) is 5.69 Å². The molecule has 10 nitrogen and oxygen atoms in total. The zero-order valence-electron chi connectivity index (χ0n) is 18.1. The molecule has 172 valence electrons. The summed E-state index contributed by atoms with van der Waals surface area (Å²) in [6.07, 6.45) is 0. The average molecular weight is 471 g/mol. The van der Waals surface area contributed by atoms with E-state index in [2.05, 4.69) is 0 Å². The van der Waals surface area contributed by atoms with Crippen molar-refractivity contribution >= 4 is 27.5 Å². The number of esters is 1. The summed E-state index contributed by atoms with van der Waals surface area (Å²) in [6.45, 7) is 4.49. The second-order valence-electron chi connectivity index (χ2n) is 7.42. The van der Waals surface area contributed by atoms with Crippen LogP contribution in [-0.4, -0.2) is 36.3 Å². The molecule has 0 amide bonds. The van der Waals surface area contributed by atoms with Crippen LogP contribution in [0.4, 0.5) is 5.69 Å². The number of hydrogen-bond acceptors (Lipinski definition) is 7. The van der Waals surface area contributed by atoms with Crippen molar-refractivity contribution in [1.82, 2.24) is 4.57 Å². The number of benzene rings is 2. The van der Waals surface area contributed by atoms with Gasteiger partial charge in [0.05, 0.1) is 15.4 Å². The quantitative estimate of drug-likeness (QED) is 0.241. The molecule has 0 aliphatic heterocycles. The van der Waals surface area contributed by atoms with Gasteiger partial charge in [0.15, 0.2) is 6.61 Å². The van der Waals surface area contributed by atoms with Gasteiger partial charge in [-0.2, -0.15) is 0 Å². The van der Waals surface area contributed by atoms with Gasteiger partial charge >= 0.3 is 5.97 Å². The van der Waals surface area contributed by atoms with E-state index in [4.69, 9.17) is 9.88 Å². The molecule has 0 fully saturated rings. The topological polar surface area (TPSA) is 152 Å². The maximum absolute atomic E-state index is 12.7. The number of rotatable bonds is 7. The fraction of sp³-hybridized carbons (Fsp3) is 0.182. The summed E-state index contributed by atoms with van der Waals surface area (Å²) in [5.41, 5.74) is 2.57. The maximum Gasteiger partial charge on any atom is 0.338 e. The van der Waals surface area contributed by atoms with Gasteiger partial charge in [-0.05, 0) is 63.2 Å². The first-order chi connectivity index (χ1) is 15.4. The second kappa shape index (κ2) is 8.96. The Morgan fingerprint density at radius 1 is 1.06 bits per heavy atom. The van der Waals surface area contributed by atoms with E-state index in [-0.39, 0.29) is 16.1 Å². The largest absolute Gasteiger partial charge is 0.454 e. The SMILES string of the molecule is Cc1cc(C(=O)OCC(=O)c2cc(C)n(-c3ccc(S(N)(=O)=O)cc3)c2C)ccc1[N+](=O)[O-]. The van der Waals surface area contributed by atoms with E-state index in [0.29, 0.717) is 22.5 Å². The van der Waals surface area contributed by atoms with E-state index in [9.17, 15) is 28.1 Å². The molecular weight excluding hydrogens is 450 g/mol. The number of sulfonamides is 1. The van der Waals surface area contributed by atoms with Gasteiger partial charge < -0.3 is 9.30 Å². The normalized spacial score (nSPS) is 11.3. The Labute approximate surface area is 189 Å². The van der Waals surface area contributed by atoms with Crippen molar-refractivity contribution in [2.75, 3.05) is 6.61 Å². The fourth-order valence-electron chi connectivity index (χ4n) is 3.51. The van der Waals surface area contributed by atoms with Crippen LogP contribution in [0.25, 0.3) is 5.69 Å². The predicted molar refractivity (Wildman–Crippen MR) is 119 cm³/mol. The van der Waals surface area contributed by atoms with E-state index >= 15 is 0 Å². The highest BCUT2D eigenvalue weighted by atomic mass is 32.2. The number of nitro groups is 1. The van der Waals surface area contributed by atoms with Crippen LogP contribution in [0, 0.1) is 30.9 Å². The average Bonchev–Trinajstić information content (AvgIpc) is 3.04. The summed E-state index contributed by atoms with van der Waals surface area (Å²) < 4.78 is 29.8. The number of carbonyl (C=O) groups excluding carboxylic acids is 2. The molecule has 0 aliphatic carbocycles. The molecule has 3 aromatic rings. The van der Waals surface area contributed by atoms with Crippen molar-refractivity contribution < 1.29 is 27.7 Å². The number of nitrogens with zero attached hydrogens (tertiary/aromatic N) is 2. The Kier molecular flexibility index (Phi) is 6.47. The lowest BCUT2D eigenvalue weighted by Crippen LogP contribution is -2.15. The second-order valence-corrected chi connectivity index (χ2v) is 8.98. The van der Waals surface area contributed by atoms with E-state index in [1.54, 1.807) is 36.6 Å². The van der Waals surface area contributed by atoms with E-state index < -0.39 is 33.3 Å². The van der Waals surface area contributed by atoms with E-state index in [1.165, 1.54) is 37.3 Å². The number of Topliss-reactive ketones (excluding diaryl/α,β-unsaturated/α-hetero) is 1. The third-order valence-corrected chi connectivity index (χ3v) is 6.05. The first kappa shape index (κ1) is 23.8. The number of carbonyl (C=O) groups is 2. The van der Waals surface area contributed by atoms with Crippen molar-refractivity contribution in [2.45, 2.75) is 25.7 Å². The molecule has 11 heteroatoms. The Morgan fingerprint density at radius 3 is 2.24 bits per heavy atom. The van der Waals surface area contributed by atoms with Crippen molar-refractivity contribution in [3.05, 3.63) is 86.7 Å². The molecule has 0 aliphatic rings. The smallest absolute Gasteiger partial charge is 0.338 e. The number of nitro benzene ring substituents is 1. The van der Waals surface area contributed by atoms with Crippen LogP contribution in [-0.2, 0) is 14.8 Å². The highest BCUT2D eigenvalue weighted by molar-refractivity contribution is 7.89. The number of primary sulfonamides is 1. The van der Waals surface area contributed by atoms with Gasteiger partial charge in [-0.25, -0.2) is 18.4 Å². The molecule has 0 spiro atoms. The fourth-order valence-corrected chi connectivity index (χ4v) is 4.02. The van der Waals surface area contributed by atoms with Crippen LogP contribution in [0.5, 0.6) is 0 Å². The molecule has 33 heavy (non-hydrogen) atoms. The van der Waals surface area contributed by atoms with Crippen molar-refractivity contribution in [1.29, 1.82) is 0 Å². The molecule has 2 aromatic carbocycles. The highest BCUT2D eigenvalue weighted by Crippen LogP contribution is 2.23. The summed E-state index contributed by atoms with van der Waals surface area (Å²) in [6, 6.07) is 11.4. The molecule has 1 aromatic heterocycles. The summed E-state index contributed by atoms with van der Waals surface area (Å²) in [4.78, 5) is 35.3. The van der Waals surface area contributed by atoms with Gasteiger partial charge in [0, 0.05) is 34.3 Å². The number of ether oxygens (including phenoxy) is 1. The van der Waals surface area contributed by atoms with Gasteiger partial charge in [0.2, 0.25) is 15.8 Å². The zero-order chi connectivity index (χ0) is 24.5. The Bertz CT molecular complexity index is 1370. The Hall–Kier alpha value is -3.83. The molecule has 0 bridgehead atoms. The van der Waals surface area contributed by atoms with Crippen LogP contribution in [0.15, 0.2) is 53.4 Å². The summed E-state index contributed by atoms with van der Waals surface area (Å²) in [5.74, 6) is -1.20. The van der Waals surface area contributed by atoms with Crippen molar-refractivity contribution in [3.63, 3.8) is 0 Å². The van der Waals surface area contributed by atoms with Crippen LogP contribution in [0.2, 0.25) is 0 Å². The van der Waals surface area contributed by atoms with Crippen LogP contribution in [0.3, 0.4) is 0 Å². The molecule has 0 saturated carbocycles. The molecule has 2 N–H and O–H groups in total. The molecule has 3 rings (SSSR count). The standard InChI is InChI=1S/C22H21N3O7S/c1-13-10-16(4-9-20(13)25(28)29)22(27)32-12-21(26)19-11-14(2)24(15(19)3)17-5-7-18(8-6-17)33(23,30)31/h4-11H,12H2,1-3H3,(H2,23,30,31). The summed E-state index contributed by atoms with van der Waals surface area (Å²) in [5, 5.41) is 16.0. The number of aryl methyl sites for hydroxylation is 2. The minimum atomic E-state index is -3.82. The molecule has 0 unspecified atom stereocenters. The third kappa shape index (κ3) is 4.99. The maximum atomic E-state index is 12.7. The minimum Gasteiger partial charge on any atom is -0.454 e. The van der Waals surface area contributed by atoms with Crippen LogP contribution in [0.1, 0.15) is 37.7 Å². The summed E-state index contributed by atoms with van der Waals surface area (Å²) in [7, 11) is -3.82. The van der Waals surface area contributed by atoms with Crippen molar-refractivity contribution in [3.8, 4) is 5.69 Å². The van der Waals surface area contributed by atoms with Gasteiger partial charge in [-0.1, -0.05) is 0 Å². The first-order valence-corrected chi connectivity index (χ1v) is 11.2. The van der Waals surface area contributed by atoms with E-state index in [1.807, 2.05) is 0 Å². The van der Waals surface area contributed by atoms with Gasteiger partial charge in [0.1, 0.15) is 0 Å². The number of aromatic nitrogens is 1. The first-order valence-electron chi connectivity index (χ1n) is 9.67. The predicted octanol–water partition coefficient (Wildman–Crippen LogP) is 3.00. The lowest BCUT2D eigenvalue weighted by atomic mass is 10.1. The monoisotopic (exact) mass is 471 g/mol. The molecule has 0 atom stereocenters. The Balaban J connectivity index is 1.77. The molecular formula is C22H21N3O7S. The lowest BCUT2D eigenvalue weighted by molar-refractivity contribution is -0.385. The zero-order valence-corrected chi connectivity index (χ0v) is 18.9. The lowest BCUT2D eigenvalue weighted by Gasteiger charge is -2.11. The van der Waals surface area contributed by atoms with Crippen molar-refractivity contribution in [2.24, 2.45) is 5.14 Å².